The van der Waals surface area contributed by atoms with Crippen molar-refractivity contribution in [3.63, 3.8) is 0 Å². The van der Waals surface area contributed by atoms with Crippen LogP contribution in [0.25, 0.3) is 11.5 Å². The average Bonchev–Trinajstić information content (AvgIpc) is 2.98. The summed E-state index contributed by atoms with van der Waals surface area (Å²) in [6, 6.07) is 0. The van der Waals surface area contributed by atoms with Crippen LogP contribution in [-0.4, -0.2) is 20.5 Å². The van der Waals surface area contributed by atoms with Gasteiger partial charge in [-0.15, -0.1) is 0 Å². The van der Waals surface area contributed by atoms with E-state index in [1.807, 2.05) is 0 Å². The summed E-state index contributed by atoms with van der Waals surface area (Å²) in [7, 11) is 0. The highest BCUT2D eigenvalue weighted by Gasteiger charge is 2.23. The lowest BCUT2D eigenvalue weighted by atomic mass is 9.89. The van der Waals surface area contributed by atoms with Crippen LogP contribution >= 0.6 is 0 Å². The van der Waals surface area contributed by atoms with Gasteiger partial charge in [0.25, 0.3) is 0 Å². The molecule has 3 rings (SSSR count). The largest absolute Gasteiger partial charge is 0.379 e. The normalized spacial score (nSPS) is 17.4. The molecule has 7 heteroatoms. The van der Waals surface area contributed by atoms with Crippen molar-refractivity contribution in [3.8, 4) is 11.5 Å². The molecule has 90 valence electrons. The standard InChI is InChI=1S/C10H13N5O2/c11-8-7(13-17-14-8)9-12-10(16-15-9)6-4-2-1-3-5-6/h6H,1-5H2,(H2,11,14). The molecule has 0 aromatic carbocycles. The van der Waals surface area contributed by atoms with E-state index in [-0.39, 0.29) is 5.82 Å². The summed E-state index contributed by atoms with van der Waals surface area (Å²) < 4.78 is 9.76. The summed E-state index contributed by atoms with van der Waals surface area (Å²) in [5, 5.41) is 11.0. The predicted molar refractivity (Wildman–Crippen MR) is 57.8 cm³/mol. The van der Waals surface area contributed by atoms with E-state index in [9.17, 15) is 0 Å². The molecule has 2 aromatic rings. The zero-order valence-corrected chi connectivity index (χ0v) is 9.30. The van der Waals surface area contributed by atoms with Crippen molar-refractivity contribution in [1.29, 1.82) is 0 Å². The Bertz CT molecular complexity index is 500. The number of rotatable bonds is 2. The lowest BCUT2D eigenvalue weighted by molar-refractivity contribution is 0.308. The Labute approximate surface area is 97.3 Å². The highest BCUT2D eigenvalue weighted by Crippen LogP contribution is 2.32. The summed E-state index contributed by atoms with van der Waals surface area (Å²) >= 11 is 0. The highest BCUT2D eigenvalue weighted by atomic mass is 16.6. The highest BCUT2D eigenvalue weighted by molar-refractivity contribution is 5.61. The summed E-state index contributed by atoms with van der Waals surface area (Å²) in [4.78, 5) is 4.32. The number of nitrogens with zero attached hydrogens (tertiary/aromatic N) is 4. The van der Waals surface area contributed by atoms with E-state index >= 15 is 0 Å². The molecule has 1 aliphatic carbocycles. The maximum atomic E-state index is 5.57. The molecule has 0 atom stereocenters. The second kappa shape index (κ2) is 4.15. The van der Waals surface area contributed by atoms with Crippen molar-refractivity contribution in [2.45, 2.75) is 38.0 Å². The first-order chi connectivity index (χ1) is 8.34. The Morgan fingerprint density at radius 1 is 1.06 bits per heavy atom. The fourth-order valence-electron chi connectivity index (χ4n) is 2.20. The van der Waals surface area contributed by atoms with Gasteiger partial charge in [-0.1, -0.05) is 24.4 Å². The predicted octanol–water partition coefficient (Wildman–Crippen LogP) is 1.75. The number of nitrogens with two attached hydrogens (primary N) is 1. The molecule has 2 heterocycles. The van der Waals surface area contributed by atoms with Gasteiger partial charge in [0.15, 0.2) is 11.5 Å². The average molecular weight is 235 g/mol. The van der Waals surface area contributed by atoms with Crippen molar-refractivity contribution in [3.05, 3.63) is 5.89 Å². The quantitative estimate of drug-likeness (QED) is 0.845. The molecular formula is C10H13N5O2. The van der Waals surface area contributed by atoms with Crippen LogP contribution in [0, 0.1) is 0 Å². The van der Waals surface area contributed by atoms with Crippen molar-refractivity contribution >= 4 is 5.82 Å². The summed E-state index contributed by atoms with van der Waals surface area (Å²) in [6.45, 7) is 0. The minimum absolute atomic E-state index is 0.181. The van der Waals surface area contributed by atoms with Gasteiger partial charge in [-0.25, -0.2) is 4.63 Å². The summed E-state index contributed by atoms with van der Waals surface area (Å²) in [5.74, 6) is 1.57. The molecule has 17 heavy (non-hydrogen) atoms. The Morgan fingerprint density at radius 2 is 1.88 bits per heavy atom. The van der Waals surface area contributed by atoms with E-state index in [2.05, 4.69) is 25.1 Å². The van der Waals surface area contributed by atoms with Gasteiger partial charge in [0.05, 0.1) is 0 Å². The molecule has 2 aromatic heterocycles. The van der Waals surface area contributed by atoms with Crippen molar-refractivity contribution in [2.24, 2.45) is 0 Å². The first kappa shape index (κ1) is 10.2. The molecule has 0 aliphatic heterocycles. The van der Waals surface area contributed by atoms with Crippen molar-refractivity contribution in [1.82, 2.24) is 20.5 Å². The van der Waals surface area contributed by atoms with Gasteiger partial charge in [0, 0.05) is 5.92 Å². The van der Waals surface area contributed by atoms with E-state index in [0.717, 1.165) is 12.8 Å². The van der Waals surface area contributed by atoms with Gasteiger partial charge in [0.1, 0.15) is 0 Å². The molecule has 0 unspecified atom stereocenters. The topological polar surface area (TPSA) is 104 Å². The number of hydrogen-bond donors (Lipinski definition) is 1. The molecule has 7 nitrogen and oxygen atoms in total. The van der Waals surface area contributed by atoms with E-state index < -0.39 is 0 Å². The molecule has 0 radical (unpaired) electrons. The van der Waals surface area contributed by atoms with Gasteiger partial charge < -0.3 is 10.3 Å². The van der Waals surface area contributed by atoms with Gasteiger partial charge >= 0.3 is 0 Å². The van der Waals surface area contributed by atoms with E-state index in [1.165, 1.54) is 19.3 Å². The third-order valence-electron chi connectivity index (χ3n) is 3.12. The van der Waals surface area contributed by atoms with Gasteiger partial charge in [-0.05, 0) is 23.2 Å². The van der Waals surface area contributed by atoms with Crippen LogP contribution in [0.2, 0.25) is 0 Å². The van der Waals surface area contributed by atoms with Crippen LogP contribution in [0.5, 0.6) is 0 Å². The van der Waals surface area contributed by atoms with E-state index in [0.29, 0.717) is 23.3 Å². The number of nitrogen functional groups attached to an aromatic ring is 1. The van der Waals surface area contributed by atoms with Crippen LogP contribution in [-0.2, 0) is 0 Å². The van der Waals surface area contributed by atoms with Crippen molar-refractivity contribution < 1.29 is 9.15 Å². The minimum Gasteiger partial charge on any atom is -0.379 e. The second-order valence-corrected chi connectivity index (χ2v) is 4.29. The molecule has 1 saturated carbocycles. The number of aromatic nitrogens is 4. The van der Waals surface area contributed by atoms with Crippen LogP contribution in [0.1, 0.15) is 43.9 Å². The zero-order chi connectivity index (χ0) is 11.7. The fourth-order valence-corrected chi connectivity index (χ4v) is 2.20. The fraction of sp³-hybridized carbons (Fsp3) is 0.600. The molecule has 1 aliphatic rings. The van der Waals surface area contributed by atoms with Crippen LogP contribution < -0.4 is 5.73 Å². The van der Waals surface area contributed by atoms with E-state index in [1.54, 1.807) is 0 Å². The Balaban J connectivity index is 1.85. The van der Waals surface area contributed by atoms with E-state index in [4.69, 9.17) is 10.3 Å². The first-order valence-electron chi connectivity index (χ1n) is 5.76. The molecule has 0 bridgehead atoms. The molecule has 0 amide bonds. The lowest BCUT2D eigenvalue weighted by Gasteiger charge is -2.17. The van der Waals surface area contributed by atoms with Gasteiger partial charge in [-0.2, -0.15) is 4.98 Å². The van der Waals surface area contributed by atoms with Crippen molar-refractivity contribution in [2.75, 3.05) is 5.73 Å². The monoisotopic (exact) mass is 235 g/mol. The molecular weight excluding hydrogens is 222 g/mol. The smallest absolute Gasteiger partial charge is 0.230 e. The maximum Gasteiger partial charge on any atom is 0.230 e. The third-order valence-corrected chi connectivity index (χ3v) is 3.12. The number of anilines is 1. The van der Waals surface area contributed by atoms with Crippen LogP contribution in [0.3, 0.4) is 0 Å². The number of hydrogen-bond acceptors (Lipinski definition) is 7. The zero-order valence-electron chi connectivity index (χ0n) is 9.30. The third kappa shape index (κ3) is 1.88. The Morgan fingerprint density at radius 3 is 2.59 bits per heavy atom. The molecule has 0 spiro atoms. The Hall–Kier alpha value is -1.92. The second-order valence-electron chi connectivity index (χ2n) is 4.29. The summed E-state index contributed by atoms with van der Waals surface area (Å²) in [6.07, 6.45) is 5.94. The Kier molecular flexibility index (Phi) is 2.50. The summed E-state index contributed by atoms with van der Waals surface area (Å²) in [5.41, 5.74) is 5.91. The first-order valence-corrected chi connectivity index (χ1v) is 5.76. The SMILES string of the molecule is Nc1nonc1-c1noc(C2CCCCC2)n1. The lowest BCUT2D eigenvalue weighted by Crippen LogP contribution is -2.04. The molecule has 1 fully saturated rings. The maximum absolute atomic E-state index is 5.57. The van der Waals surface area contributed by atoms with Crippen LogP contribution in [0.15, 0.2) is 9.15 Å². The van der Waals surface area contributed by atoms with Crippen LogP contribution in [0.4, 0.5) is 5.82 Å². The van der Waals surface area contributed by atoms with Gasteiger partial charge in [-0.3, -0.25) is 0 Å². The minimum atomic E-state index is 0.181. The molecule has 2 N–H and O–H groups in total. The molecule has 0 saturated heterocycles. The van der Waals surface area contributed by atoms with Gasteiger partial charge in [0.2, 0.25) is 11.7 Å².